The Morgan fingerprint density at radius 2 is 1.81 bits per heavy atom. The summed E-state index contributed by atoms with van der Waals surface area (Å²) >= 11 is 12.6. The first-order valence-corrected chi connectivity index (χ1v) is 11.2. The van der Waals surface area contributed by atoms with E-state index in [1.807, 2.05) is 55.5 Å². The number of rotatable bonds is 4. The van der Waals surface area contributed by atoms with Crippen LogP contribution in [0.25, 0.3) is 6.08 Å². The van der Waals surface area contributed by atoms with Gasteiger partial charge in [-0.15, -0.1) is 0 Å². The Balaban J connectivity index is 1.42. The number of benzene rings is 3. The zero-order valence-corrected chi connectivity index (χ0v) is 19.0. The summed E-state index contributed by atoms with van der Waals surface area (Å²) in [5.74, 6) is 1.50. The van der Waals surface area contributed by atoms with Crippen LogP contribution in [-0.4, -0.2) is 24.0 Å². The SMILES string of the molecule is Cc1cc2c(c3c1C(=O)/C(=C/c1ccccc1Cl)O3)CN(CCc1ccccc1Cl)CO2. The Morgan fingerprint density at radius 1 is 1.06 bits per heavy atom. The van der Waals surface area contributed by atoms with Crippen molar-refractivity contribution in [3.05, 3.63) is 98.2 Å². The summed E-state index contributed by atoms with van der Waals surface area (Å²) in [6.45, 7) is 3.80. The molecule has 0 spiro atoms. The van der Waals surface area contributed by atoms with Crippen molar-refractivity contribution in [1.29, 1.82) is 0 Å². The van der Waals surface area contributed by atoms with E-state index in [0.717, 1.165) is 46.0 Å². The second kappa shape index (κ2) is 8.62. The molecular formula is C26H21Cl2NO3. The number of hydrogen-bond acceptors (Lipinski definition) is 4. The second-order valence-corrected chi connectivity index (χ2v) is 8.82. The summed E-state index contributed by atoms with van der Waals surface area (Å²) < 4.78 is 12.1. The molecule has 0 aromatic heterocycles. The number of ketones is 1. The molecule has 2 aliphatic heterocycles. The van der Waals surface area contributed by atoms with Gasteiger partial charge in [-0.2, -0.15) is 0 Å². The average Bonchev–Trinajstić information content (AvgIpc) is 3.12. The first-order chi connectivity index (χ1) is 15.5. The van der Waals surface area contributed by atoms with Gasteiger partial charge in [0.1, 0.15) is 18.2 Å². The van der Waals surface area contributed by atoms with Gasteiger partial charge in [-0.1, -0.05) is 59.6 Å². The fourth-order valence-corrected chi connectivity index (χ4v) is 4.55. The highest BCUT2D eigenvalue weighted by atomic mass is 35.5. The largest absolute Gasteiger partial charge is 0.478 e. The van der Waals surface area contributed by atoms with Gasteiger partial charge in [0, 0.05) is 23.1 Å². The van der Waals surface area contributed by atoms with Crippen molar-refractivity contribution in [3.63, 3.8) is 0 Å². The lowest BCUT2D eigenvalue weighted by Gasteiger charge is -2.30. The standard InChI is InChI=1S/C26H21Cl2NO3/c1-16-12-22-19(14-29(15-31-22)11-10-17-6-2-4-8-20(17)27)26-24(16)25(30)23(32-26)13-18-7-3-5-9-21(18)28/h2-9,12-13H,10-11,14-15H2,1H3/b23-13-. The molecule has 162 valence electrons. The van der Waals surface area contributed by atoms with Crippen molar-refractivity contribution >= 4 is 35.1 Å². The maximum Gasteiger partial charge on any atom is 0.232 e. The van der Waals surface area contributed by atoms with Crippen molar-refractivity contribution in [1.82, 2.24) is 4.90 Å². The number of carbonyl (C=O) groups excluding carboxylic acids is 1. The van der Waals surface area contributed by atoms with Crippen molar-refractivity contribution in [3.8, 4) is 11.5 Å². The van der Waals surface area contributed by atoms with E-state index in [4.69, 9.17) is 32.7 Å². The first-order valence-electron chi connectivity index (χ1n) is 10.4. The smallest absolute Gasteiger partial charge is 0.232 e. The van der Waals surface area contributed by atoms with Crippen LogP contribution in [0.3, 0.4) is 0 Å². The van der Waals surface area contributed by atoms with Crippen LogP contribution in [0.5, 0.6) is 11.5 Å². The van der Waals surface area contributed by atoms with Gasteiger partial charge >= 0.3 is 0 Å². The lowest BCUT2D eigenvalue weighted by atomic mass is 9.98. The molecule has 0 fully saturated rings. The van der Waals surface area contributed by atoms with Crippen molar-refractivity contribution in [2.45, 2.75) is 19.9 Å². The molecule has 0 aliphatic carbocycles. The van der Waals surface area contributed by atoms with E-state index in [1.54, 1.807) is 12.1 Å². The van der Waals surface area contributed by atoms with E-state index in [0.29, 0.717) is 29.6 Å². The molecule has 2 heterocycles. The van der Waals surface area contributed by atoms with E-state index in [9.17, 15) is 4.79 Å². The van der Waals surface area contributed by atoms with Gasteiger partial charge in [0.05, 0.1) is 11.1 Å². The third-order valence-electron chi connectivity index (χ3n) is 5.83. The Kier molecular flexibility index (Phi) is 5.68. The topological polar surface area (TPSA) is 38.8 Å². The van der Waals surface area contributed by atoms with Crippen LogP contribution in [0, 0.1) is 6.92 Å². The third-order valence-corrected chi connectivity index (χ3v) is 6.55. The number of aryl methyl sites for hydroxylation is 1. The highest BCUT2D eigenvalue weighted by molar-refractivity contribution is 6.32. The number of fused-ring (bicyclic) bond motifs is 3. The Morgan fingerprint density at radius 3 is 2.59 bits per heavy atom. The van der Waals surface area contributed by atoms with Crippen molar-refractivity contribution in [2.24, 2.45) is 0 Å². The van der Waals surface area contributed by atoms with Crippen LogP contribution in [0.4, 0.5) is 0 Å². The Bertz CT molecular complexity index is 1250. The van der Waals surface area contributed by atoms with Gasteiger partial charge in [-0.3, -0.25) is 9.69 Å². The maximum absolute atomic E-state index is 13.1. The van der Waals surface area contributed by atoms with Gasteiger partial charge in [0.25, 0.3) is 0 Å². The summed E-state index contributed by atoms with van der Waals surface area (Å²) in [6.07, 6.45) is 2.51. The van der Waals surface area contributed by atoms with Crippen LogP contribution < -0.4 is 9.47 Å². The van der Waals surface area contributed by atoms with E-state index >= 15 is 0 Å². The molecule has 5 rings (SSSR count). The summed E-state index contributed by atoms with van der Waals surface area (Å²) in [5.41, 5.74) is 4.18. The summed E-state index contributed by atoms with van der Waals surface area (Å²) in [4.78, 5) is 15.3. The van der Waals surface area contributed by atoms with E-state index < -0.39 is 0 Å². The number of Topliss-reactive ketones (excluding diaryl/α,β-unsaturated/α-hetero) is 1. The molecule has 3 aromatic rings. The number of carbonyl (C=O) groups is 1. The number of hydrogen-bond donors (Lipinski definition) is 0. The molecule has 0 saturated heterocycles. The van der Waals surface area contributed by atoms with Crippen LogP contribution in [0.15, 0.2) is 60.4 Å². The van der Waals surface area contributed by atoms with Gasteiger partial charge in [0.2, 0.25) is 5.78 Å². The quantitative estimate of drug-likeness (QED) is 0.423. The minimum atomic E-state index is -0.131. The monoisotopic (exact) mass is 465 g/mol. The molecular weight excluding hydrogens is 445 g/mol. The van der Waals surface area contributed by atoms with Crippen molar-refractivity contribution in [2.75, 3.05) is 13.3 Å². The number of halogens is 2. The molecule has 0 radical (unpaired) electrons. The zero-order chi connectivity index (χ0) is 22.2. The predicted molar refractivity (Wildman–Crippen MR) is 127 cm³/mol. The lowest BCUT2D eigenvalue weighted by Crippen LogP contribution is -2.34. The zero-order valence-electron chi connectivity index (χ0n) is 17.5. The first kappa shape index (κ1) is 21.1. The van der Waals surface area contributed by atoms with Gasteiger partial charge in [-0.25, -0.2) is 0 Å². The molecule has 0 unspecified atom stereocenters. The average molecular weight is 466 g/mol. The Hall–Kier alpha value is -2.79. The fraction of sp³-hybridized carbons (Fsp3) is 0.192. The lowest BCUT2D eigenvalue weighted by molar-refractivity contribution is 0.0949. The van der Waals surface area contributed by atoms with Gasteiger partial charge in [0.15, 0.2) is 5.76 Å². The van der Waals surface area contributed by atoms with Crippen LogP contribution in [-0.2, 0) is 13.0 Å². The minimum absolute atomic E-state index is 0.131. The van der Waals surface area contributed by atoms with Gasteiger partial charge in [-0.05, 0) is 54.3 Å². The fourth-order valence-electron chi connectivity index (χ4n) is 4.13. The molecule has 3 aromatic carbocycles. The molecule has 0 saturated carbocycles. The summed E-state index contributed by atoms with van der Waals surface area (Å²) in [5, 5.41) is 1.34. The maximum atomic E-state index is 13.1. The minimum Gasteiger partial charge on any atom is -0.478 e. The third kappa shape index (κ3) is 3.90. The van der Waals surface area contributed by atoms with E-state index in [-0.39, 0.29) is 11.5 Å². The molecule has 2 aliphatic rings. The molecule has 4 nitrogen and oxygen atoms in total. The highest BCUT2D eigenvalue weighted by Gasteiger charge is 2.35. The molecule has 0 atom stereocenters. The van der Waals surface area contributed by atoms with Crippen molar-refractivity contribution < 1.29 is 14.3 Å². The highest BCUT2D eigenvalue weighted by Crippen LogP contribution is 2.44. The Labute approximate surface area is 197 Å². The second-order valence-electron chi connectivity index (χ2n) is 8.00. The number of allylic oxidation sites excluding steroid dienone is 1. The summed E-state index contributed by atoms with van der Waals surface area (Å²) in [6, 6.07) is 17.2. The number of nitrogens with zero attached hydrogens (tertiary/aromatic N) is 1. The van der Waals surface area contributed by atoms with Crippen LogP contribution >= 0.6 is 23.2 Å². The van der Waals surface area contributed by atoms with Crippen LogP contribution in [0.1, 0.15) is 32.6 Å². The molecule has 0 N–H and O–H groups in total. The van der Waals surface area contributed by atoms with Crippen LogP contribution in [0.2, 0.25) is 10.0 Å². The number of ether oxygens (including phenoxy) is 2. The van der Waals surface area contributed by atoms with E-state index in [2.05, 4.69) is 4.90 Å². The van der Waals surface area contributed by atoms with E-state index in [1.165, 1.54) is 0 Å². The molecule has 0 amide bonds. The predicted octanol–water partition coefficient (Wildman–Crippen LogP) is 6.31. The molecule has 32 heavy (non-hydrogen) atoms. The summed E-state index contributed by atoms with van der Waals surface area (Å²) in [7, 11) is 0. The normalized spacial score (nSPS) is 16.5. The van der Waals surface area contributed by atoms with Gasteiger partial charge < -0.3 is 9.47 Å². The molecule has 0 bridgehead atoms. The molecule has 6 heteroatoms.